The third-order valence-corrected chi connectivity index (χ3v) is 8.31. The number of hydrogen-bond acceptors (Lipinski definition) is 6. The van der Waals surface area contributed by atoms with Gasteiger partial charge in [0.15, 0.2) is 5.78 Å². The van der Waals surface area contributed by atoms with Crippen molar-refractivity contribution in [3.05, 3.63) is 173 Å². The predicted molar refractivity (Wildman–Crippen MR) is 195 cm³/mol. The number of Topliss-reactive ketones (excluding diaryl/α,β-unsaturated/α-hetero) is 1. The topological polar surface area (TPSA) is 123 Å². The zero-order valence-corrected chi connectivity index (χ0v) is 28.4. The van der Waals surface area contributed by atoms with Crippen molar-refractivity contribution in [2.45, 2.75) is 44.0 Å². The van der Waals surface area contributed by atoms with E-state index in [2.05, 4.69) is 16.0 Å². The number of ketones is 1. The quantitative estimate of drug-likeness (QED) is 0.112. The highest BCUT2D eigenvalue weighted by molar-refractivity contribution is 6.03. The van der Waals surface area contributed by atoms with Crippen molar-refractivity contribution in [1.29, 1.82) is 0 Å². The molecule has 5 aromatic rings. The maximum atomic E-state index is 14.2. The lowest BCUT2D eigenvalue weighted by Crippen LogP contribution is -2.57. The maximum absolute atomic E-state index is 14.2. The number of nitrogens with one attached hydrogen (secondary N) is 3. The van der Waals surface area contributed by atoms with Crippen LogP contribution in [0.1, 0.15) is 32.6 Å². The van der Waals surface area contributed by atoms with Gasteiger partial charge in [-0.2, -0.15) is 0 Å². The number of amides is 3. The first-order valence-electron chi connectivity index (χ1n) is 16.8. The van der Waals surface area contributed by atoms with Crippen molar-refractivity contribution >= 4 is 23.7 Å². The highest BCUT2D eigenvalue weighted by Crippen LogP contribution is 2.16. The molecule has 0 fully saturated rings. The van der Waals surface area contributed by atoms with Gasteiger partial charge in [-0.25, -0.2) is 4.79 Å². The molecule has 9 nitrogen and oxygen atoms in total. The summed E-state index contributed by atoms with van der Waals surface area (Å²) in [6.07, 6.45) is -0.246. The normalized spacial score (nSPS) is 12.4. The summed E-state index contributed by atoms with van der Waals surface area (Å²) in [6, 6.07) is 40.8. The molecular weight excluding hydrogens is 642 g/mol. The van der Waals surface area contributed by atoms with E-state index in [9.17, 15) is 19.2 Å². The predicted octanol–water partition coefficient (Wildman–Crippen LogP) is 5.87. The molecule has 5 aromatic carbocycles. The summed E-state index contributed by atoms with van der Waals surface area (Å²) < 4.78 is 10.7. The Morgan fingerprint density at radius 1 is 0.490 bits per heavy atom. The number of benzene rings is 5. The largest absolute Gasteiger partial charge is 0.497 e. The van der Waals surface area contributed by atoms with Gasteiger partial charge < -0.3 is 25.4 Å². The summed E-state index contributed by atoms with van der Waals surface area (Å²) in [7, 11) is 1.55. The zero-order chi connectivity index (χ0) is 35.8. The van der Waals surface area contributed by atoms with E-state index in [1.165, 1.54) is 0 Å². The standard InChI is InChI=1S/C42H41N3O6/c1-50-35-24-22-34(23-25-35)39(46)36(26-30-14-6-2-7-15-30)43-40(47)37(27-31-16-8-3-9-17-31)44-41(48)38(28-32-18-10-4-11-19-32)45-42(49)51-29-33-20-12-5-13-21-33/h2-25,36-38H,26-29H2,1H3,(H,43,47)(H,44,48)(H,45,49)/t36-,37-,38-/m0/s1. The van der Waals surface area contributed by atoms with Crippen molar-refractivity contribution in [3.8, 4) is 5.75 Å². The highest BCUT2D eigenvalue weighted by atomic mass is 16.5. The Kier molecular flexibility index (Phi) is 13.1. The third kappa shape index (κ3) is 11.2. The number of alkyl carbamates (subject to hydrolysis) is 1. The average molecular weight is 684 g/mol. The first-order valence-corrected chi connectivity index (χ1v) is 16.8. The fraction of sp³-hybridized carbons (Fsp3) is 0.190. The number of carbonyl (C=O) groups excluding carboxylic acids is 4. The van der Waals surface area contributed by atoms with Gasteiger partial charge in [-0.1, -0.05) is 121 Å². The van der Waals surface area contributed by atoms with E-state index in [0.717, 1.165) is 22.3 Å². The molecule has 0 spiro atoms. The smallest absolute Gasteiger partial charge is 0.408 e. The second kappa shape index (κ2) is 18.5. The Morgan fingerprint density at radius 3 is 1.33 bits per heavy atom. The van der Waals surface area contributed by atoms with E-state index >= 15 is 0 Å². The lowest BCUT2D eigenvalue weighted by molar-refractivity contribution is -0.130. The van der Waals surface area contributed by atoms with Gasteiger partial charge in [-0.3, -0.25) is 14.4 Å². The number of hydrogen-bond donors (Lipinski definition) is 3. The van der Waals surface area contributed by atoms with E-state index in [-0.39, 0.29) is 31.7 Å². The molecule has 0 saturated heterocycles. The van der Waals surface area contributed by atoms with Crippen LogP contribution < -0.4 is 20.7 Å². The van der Waals surface area contributed by atoms with Crippen LogP contribution in [-0.2, 0) is 40.2 Å². The molecule has 0 aliphatic carbocycles. The maximum Gasteiger partial charge on any atom is 0.408 e. The Morgan fingerprint density at radius 2 is 0.882 bits per heavy atom. The average Bonchev–Trinajstić information content (AvgIpc) is 3.17. The fourth-order valence-corrected chi connectivity index (χ4v) is 5.59. The van der Waals surface area contributed by atoms with Crippen LogP contribution in [0.5, 0.6) is 5.75 Å². The van der Waals surface area contributed by atoms with E-state index in [4.69, 9.17) is 9.47 Å². The molecule has 0 heterocycles. The first-order chi connectivity index (χ1) is 24.9. The van der Waals surface area contributed by atoms with Crippen LogP contribution in [0.25, 0.3) is 0 Å². The van der Waals surface area contributed by atoms with Crippen LogP contribution in [0.4, 0.5) is 4.79 Å². The molecule has 0 aromatic heterocycles. The summed E-state index contributed by atoms with van der Waals surface area (Å²) in [6.45, 7) is 0.0242. The summed E-state index contributed by atoms with van der Waals surface area (Å²) >= 11 is 0. The number of carbonyl (C=O) groups is 4. The molecular formula is C42H41N3O6. The lowest BCUT2D eigenvalue weighted by Gasteiger charge is -2.25. The SMILES string of the molecule is COc1ccc(C(=O)[C@H](Cc2ccccc2)NC(=O)[C@H](Cc2ccccc2)NC(=O)[C@H](Cc2ccccc2)NC(=O)OCc2ccccc2)cc1. The van der Waals surface area contributed by atoms with Crippen LogP contribution >= 0.6 is 0 Å². The van der Waals surface area contributed by atoms with Crippen molar-refractivity contribution in [3.63, 3.8) is 0 Å². The molecule has 0 bridgehead atoms. The van der Waals surface area contributed by atoms with Crippen LogP contribution in [0.3, 0.4) is 0 Å². The minimum atomic E-state index is -1.08. The molecule has 0 aliphatic heterocycles. The summed E-state index contributed by atoms with van der Waals surface area (Å²) in [5.74, 6) is -0.805. The van der Waals surface area contributed by atoms with Gasteiger partial charge >= 0.3 is 6.09 Å². The Labute approximate surface area is 298 Å². The summed E-state index contributed by atoms with van der Waals surface area (Å²) in [5, 5.41) is 8.52. The molecule has 0 unspecified atom stereocenters. The molecule has 3 amide bonds. The molecule has 0 radical (unpaired) electrons. The van der Waals surface area contributed by atoms with Gasteiger partial charge in [0.1, 0.15) is 24.4 Å². The lowest BCUT2D eigenvalue weighted by atomic mass is 9.96. The monoisotopic (exact) mass is 683 g/mol. The van der Waals surface area contributed by atoms with Crippen LogP contribution in [-0.4, -0.2) is 48.9 Å². The number of ether oxygens (including phenoxy) is 2. The Hall–Kier alpha value is -6.22. The van der Waals surface area contributed by atoms with Gasteiger partial charge in [0, 0.05) is 24.8 Å². The third-order valence-electron chi connectivity index (χ3n) is 8.31. The fourth-order valence-electron chi connectivity index (χ4n) is 5.59. The van der Waals surface area contributed by atoms with Crippen molar-refractivity contribution in [2.24, 2.45) is 0 Å². The first kappa shape index (κ1) is 36.1. The Bertz CT molecular complexity index is 1850. The van der Waals surface area contributed by atoms with E-state index in [1.54, 1.807) is 31.4 Å². The van der Waals surface area contributed by atoms with Gasteiger partial charge in [-0.15, -0.1) is 0 Å². The van der Waals surface area contributed by atoms with E-state index in [0.29, 0.717) is 11.3 Å². The Balaban J connectivity index is 1.38. The molecule has 0 saturated carbocycles. The molecule has 51 heavy (non-hydrogen) atoms. The van der Waals surface area contributed by atoms with Crippen molar-refractivity contribution in [2.75, 3.05) is 7.11 Å². The zero-order valence-electron chi connectivity index (χ0n) is 28.4. The molecule has 3 N–H and O–H groups in total. The minimum Gasteiger partial charge on any atom is -0.497 e. The number of rotatable bonds is 16. The van der Waals surface area contributed by atoms with Gasteiger partial charge in [0.25, 0.3) is 0 Å². The van der Waals surface area contributed by atoms with Crippen LogP contribution in [0, 0.1) is 0 Å². The van der Waals surface area contributed by atoms with Crippen LogP contribution in [0.15, 0.2) is 146 Å². The van der Waals surface area contributed by atoms with Gasteiger partial charge in [0.05, 0.1) is 13.2 Å². The van der Waals surface area contributed by atoms with Crippen molar-refractivity contribution < 1.29 is 28.7 Å². The van der Waals surface area contributed by atoms with E-state index < -0.39 is 36.0 Å². The molecule has 3 atom stereocenters. The minimum absolute atomic E-state index is 0.0242. The van der Waals surface area contributed by atoms with Crippen LogP contribution in [0.2, 0.25) is 0 Å². The molecule has 0 aliphatic rings. The van der Waals surface area contributed by atoms with Crippen molar-refractivity contribution in [1.82, 2.24) is 16.0 Å². The number of methoxy groups -OCH3 is 1. The molecule has 260 valence electrons. The summed E-state index contributed by atoms with van der Waals surface area (Å²) in [5.41, 5.74) is 3.66. The second-order valence-corrected chi connectivity index (χ2v) is 12.0. The molecule has 5 rings (SSSR count). The molecule has 9 heteroatoms. The van der Waals surface area contributed by atoms with Gasteiger partial charge in [-0.05, 0) is 46.5 Å². The van der Waals surface area contributed by atoms with Gasteiger partial charge in [0.2, 0.25) is 11.8 Å². The van der Waals surface area contributed by atoms with E-state index in [1.807, 2.05) is 121 Å². The second-order valence-electron chi connectivity index (χ2n) is 12.0. The highest BCUT2D eigenvalue weighted by Gasteiger charge is 2.31. The summed E-state index contributed by atoms with van der Waals surface area (Å²) in [4.78, 5) is 55.0.